The number of hydrogen-bond acceptors (Lipinski definition) is 3. The van der Waals surface area contributed by atoms with Crippen molar-refractivity contribution in [3.8, 4) is 11.5 Å². The summed E-state index contributed by atoms with van der Waals surface area (Å²) in [6, 6.07) is 19.0. The van der Waals surface area contributed by atoms with E-state index in [0.717, 1.165) is 5.56 Å². The first-order chi connectivity index (χ1) is 13.6. The second-order valence-corrected chi connectivity index (χ2v) is 6.87. The van der Waals surface area contributed by atoms with Crippen molar-refractivity contribution in [3.63, 3.8) is 0 Å². The van der Waals surface area contributed by atoms with Crippen molar-refractivity contribution in [1.82, 2.24) is 4.57 Å². The summed E-state index contributed by atoms with van der Waals surface area (Å²) in [7, 11) is 1.54. The molecule has 0 aliphatic carbocycles. The van der Waals surface area contributed by atoms with Crippen LogP contribution in [-0.2, 0) is 6.54 Å². The van der Waals surface area contributed by atoms with Gasteiger partial charge in [0.15, 0.2) is 11.5 Å². The summed E-state index contributed by atoms with van der Waals surface area (Å²) in [5.74, 6) is 0.704. The predicted molar refractivity (Wildman–Crippen MR) is 112 cm³/mol. The highest BCUT2D eigenvalue weighted by Gasteiger charge is 2.15. The van der Waals surface area contributed by atoms with Gasteiger partial charge in [-0.2, -0.15) is 4.99 Å². The Hall–Kier alpha value is -2.86. The summed E-state index contributed by atoms with van der Waals surface area (Å²) in [6.07, 6.45) is 1.91. The zero-order valence-electron chi connectivity index (χ0n) is 15.8. The first-order valence-corrected chi connectivity index (χ1v) is 9.70. The Labute approximate surface area is 172 Å². The molecule has 1 heterocycles. The lowest BCUT2D eigenvalue weighted by Gasteiger charge is -2.12. The number of ether oxygens (including phenoxy) is 2. The Morgan fingerprint density at radius 3 is 2.57 bits per heavy atom. The third-order valence-corrected chi connectivity index (χ3v) is 4.68. The Kier molecular flexibility index (Phi) is 6.66. The molecule has 5 nitrogen and oxygen atoms in total. The molecule has 6 heteroatoms. The monoisotopic (exact) mass is 440 g/mol. The summed E-state index contributed by atoms with van der Waals surface area (Å²) in [4.78, 5) is 17.1. The number of aromatic nitrogens is 1. The number of rotatable bonds is 6. The van der Waals surface area contributed by atoms with Crippen LogP contribution >= 0.6 is 15.9 Å². The van der Waals surface area contributed by atoms with Crippen LogP contribution in [0.2, 0.25) is 0 Å². The molecule has 1 aromatic heterocycles. The van der Waals surface area contributed by atoms with E-state index < -0.39 is 0 Å². The number of benzene rings is 2. The van der Waals surface area contributed by atoms with Gasteiger partial charge in [0, 0.05) is 18.3 Å². The number of amides is 1. The molecule has 28 heavy (non-hydrogen) atoms. The second-order valence-electron chi connectivity index (χ2n) is 6.01. The minimum absolute atomic E-state index is 0.352. The van der Waals surface area contributed by atoms with Crippen LogP contribution in [0.4, 0.5) is 0 Å². The topological polar surface area (TPSA) is 52.8 Å². The van der Waals surface area contributed by atoms with E-state index in [4.69, 9.17) is 9.47 Å². The van der Waals surface area contributed by atoms with E-state index in [1.165, 1.54) is 0 Å². The van der Waals surface area contributed by atoms with Gasteiger partial charge in [-0.25, -0.2) is 0 Å². The van der Waals surface area contributed by atoms with Crippen molar-refractivity contribution in [3.05, 3.63) is 87.9 Å². The van der Waals surface area contributed by atoms with E-state index in [9.17, 15) is 4.79 Å². The molecular weight excluding hydrogens is 420 g/mol. The van der Waals surface area contributed by atoms with E-state index in [0.29, 0.717) is 40.2 Å². The van der Waals surface area contributed by atoms with Crippen molar-refractivity contribution in [1.29, 1.82) is 0 Å². The van der Waals surface area contributed by atoms with Crippen molar-refractivity contribution in [2.75, 3.05) is 13.7 Å². The molecule has 0 radical (unpaired) electrons. The summed E-state index contributed by atoms with van der Waals surface area (Å²) in [5.41, 5.74) is 2.13. The molecule has 1 amide bonds. The molecule has 0 saturated heterocycles. The molecule has 0 unspecified atom stereocenters. The van der Waals surface area contributed by atoms with Crippen LogP contribution in [0, 0.1) is 0 Å². The van der Waals surface area contributed by atoms with E-state index in [2.05, 4.69) is 20.9 Å². The smallest absolute Gasteiger partial charge is 0.279 e. The standard InChI is InChI=1S/C22H21BrN2O3/c1-3-28-21-18(23)13-17(14-19(21)27-2)22(26)24-20-11-7-8-12-25(20)15-16-9-5-4-6-10-16/h4-14H,3,15H2,1-2H3. The van der Waals surface area contributed by atoms with Crippen molar-refractivity contribution >= 4 is 21.8 Å². The molecule has 0 atom stereocenters. The zero-order valence-corrected chi connectivity index (χ0v) is 17.3. The fraction of sp³-hybridized carbons (Fsp3) is 0.182. The van der Waals surface area contributed by atoms with Gasteiger partial charge in [-0.15, -0.1) is 0 Å². The highest BCUT2D eigenvalue weighted by Crippen LogP contribution is 2.36. The molecule has 144 valence electrons. The van der Waals surface area contributed by atoms with Gasteiger partial charge in [0.2, 0.25) is 0 Å². The van der Waals surface area contributed by atoms with E-state index in [1.54, 1.807) is 19.2 Å². The zero-order chi connectivity index (χ0) is 19.9. The van der Waals surface area contributed by atoms with E-state index >= 15 is 0 Å². The number of halogens is 1. The minimum atomic E-state index is -0.352. The number of carbonyl (C=O) groups excluding carboxylic acids is 1. The third-order valence-electron chi connectivity index (χ3n) is 4.09. The molecule has 0 fully saturated rings. The maximum Gasteiger partial charge on any atom is 0.279 e. The van der Waals surface area contributed by atoms with Gasteiger partial charge < -0.3 is 14.0 Å². The Bertz CT molecular complexity index is 1030. The van der Waals surface area contributed by atoms with Gasteiger partial charge in [-0.1, -0.05) is 36.4 Å². The van der Waals surface area contributed by atoms with E-state index in [1.807, 2.05) is 66.2 Å². The maximum absolute atomic E-state index is 12.8. The highest BCUT2D eigenvalue weighted by atomic mass is 79.9. The van der Waals surface area contributed by atoms with Gasteiger partial charge in [-0.3, -0.25) is 4.79 Å². The van der Waals surface area contributed by atoms with Crippen molar-refractivity contribution < 1.29 is 14.3 Å². The largest absolute Gasteiger partial charge is 0.493 e. The first kappa shape index (κ1) is 19.9. The van der Waals surface area contributed by atoms with Crippen molar-refractivity contribution in [2.24, 2.45) is 4.99 Å². The Morgan fingerprint density at radius 1 is 1.11 bits per heavy atom. The van der Waals surface area contributed by atoms with Crippen LogP contribution in [-0.4, -0.2) is 24.2 Å². The molecule has 0 aliphatic heterocycles. The minimum Gasteiger partial charge on any atom is -0.493 e. The van der Waals surface area contributed by atoms with Crippen LogP contribution in [0.25, 0.3) is 0 Å². The molecule has 0 spiro atoms. The second kappa shape index (κ2) is 9.37. The number of methoxy groups -OCH3 is 1. The lowest BCUT2D eigenvalue weighted by Crippen LogP contribution is -2.22. The summed E-state index contributed by atoms with van der Waals surface area (Å²) >= 11 is 3.45. The maximum atomic E-state index is 12.8. The average Bonchev–Trinajstić information content (AvgIpc) is 2.71. The fourth-order valence-corrected chi connectivity index (χ4v) is 3.34. The van der Waals surface area contributed by atoms with Crippen LogP contribution < -0.4 is 15.0 Å². The lowest BCUT2D eigenvalue weighted by molar-refractivity contribution is 0.0996. The highest BCUT2D eigenvalue weighted by molar-refractivity contribution is 9.10. The SMILES string of the molecule is CCOc1c(Br)cc(C(=O)N=c2ccccn2Cc2ccccc2)cc1OC. The normalized spacial score (nSPS) is 11.3. The van der Waals surface area contributed by atoms with Gasteiger partial charge in [0.05, 0.1) is 18.2 Å². The predicted octanol–water partition coefficient (Wildman–Crippen LogP) is 4.45. The summed E-state index contributed by atoms with van der Waals surface area (Å²) in [6.45, 7) is 3.02. The Morgan fingerprint density at radius 2 is 1.86 bits per heavy atom. The van der Waals surface area contributed by atoms with Crippen LogP contribution in [0.3, 0.4) is 0 Å². The third kappa shape index (κ3) is 4.70. The summed E-state index contributed by atoms with van der Waals surface area (Å²) in [5, 5.41) is 0. The lowest BCUT2D eigenvalue weighted by atomic mass is 10.2. The Balaban J connectivity index is 1.96. The molecule has 3 aromatic rings. The quantitative estimate of drug-likeness (QED) is 0.568. The molecule has 0 N–H and O–H groups in total. The molecular formula is C22H21BrN2O3. The van der Waals surface area contributed by atoms with Gasteiger partial charge in [-0.05, 0) is 52.7 Å². The first-order valence-electron chi connectivity index (χ1n) is 8.91. The number of pyridine rings is 1. The molecule has 0 bridgehead atoms. The van der Waals surface area contributed by atoms with Crippen LogP contribution in [0.15, 0.2) is 76.3 Å². The van der Waals surface area contributed by atoms with E-state index in [-0.39, 0.29) is 5.91 Å². The molecule has 2 aromatic carbocycles. The molecule has 0 aliphatic rings. The summed E-state index contributed by atoms with van der Waals surface area (Å²) < 4.78 is 13.5. The number of nitrogens with zero attached hydrogens (tertiary/aromatic N) is 2. The van der Waals surface area contributed by atoms with Gasteiger partial charge >= 0.3 is 0 Å². The van der Waals surface area contributed by atoms with Gasteiger partial charge in [0.25, 0.3) is 5.91 Å². The van der Waals surface area contributed by atoms with Gasteiger partial charge in [0.1, 0.15) is 5.49 Å². The number of hydrogen-bond donors (Lipinski definition) is 0. The fourth-order valence-electron chi connectivity index (χ4n) is 2.78. The van der Waals surface area contributed by atoms with Crippen molar-refractivity contribution in [2.45, 2.75) is 13.5 Å². The molecule has 3 rings (SSSR count). The number of carbonyl (C=O) groups is 1. The van der Waals surface area contributed by atoms with Crippen LogP contribution in [0.1, 0.15) is 22.8 Å². The average molecular weight is 441 g/mol. The molecule has 0 saturated carbocycles. The van der Waals surface area contributed by atoms with Crippen LogP contribution in [0.5, 0.6) is 11.5 Å².